The molecule has 0 aromatic carbocycles. The van der Waals surface area contributed by atoms with Crippen LogP contribution >= 0.6 is 0 Å². The Morgan fingerprint density at radius 2 is 2.00 bits per heavy atom. The summed E-state index contributed by atoms with van der Waals surface area (Å²) in [5.41, 5.74) is 0. The first kappa shape index (κ1) is 14.5. The van der Waals surface area contributed by atoms with Gasteiger partial charge in [-0.15, -0.1) is 0 Å². The normalized spacial score (nSPS) is 18.7. The van der Waals surface area contributed by atoms with Gasteiger partial charge in [0.15, 0.2) is 14.9 Å². The van der Waals surface area contributed by atoms with Crippen LogP contribution in [-0.2, 0) is 19.9 Å². The Hall–Kier alpha value is -0.930. The lowest BCUT2D eigenvalue weighted by Gasteiger charge is -2.37. The number of sulfone groups is 1. The molecular formula is C10H17N3O4S2. The van der Waals surface area contributed by atoms with Gasteiger partial charge in [-0.25, -0.2) is 21.8 Å². The Bertz CT molecular complexity index is 628. The summed E-state index contributed by atoms with van der Waals surface area (Å²) >= 11 is 0. The Kier molecular flexibility index (Phi) is 3.72. The van der Waals surface area contributed by atoms with Crippen LogP contribution in [0.1, 0.15) is 13.8 Å². The zero-order valence-corrected chi connectivity index (χ0v) is 12.4. The SMILES string of the molecule is CC(C)CS(=O)(=O)C1CN(S(=O)(=O)c2cnc[nH]2)C1. The first-order chi connectivity index (χ1) is 8.73. The topological polar surface area (TPSA) is 100 Å². The molecule has 2 rings (SSSR count). The Labute approximate surface area is 113 Å². The van der Waals surface area contributed by atoms with E-state index in [4.69, 9.17) is 0 Å². The molecule has 0 spiro atoms. The predicted molar refractivity (Wildman–Crippen MR) is 69.8 cm³/mol. The van der Waals surface area contributed by atoms with Crippen molar-refractivity contribution in [2.45, 2.75) is 24.1 Å². The molecule has 1 aliphatic rings. The van der Waals surface area contributed by atoms with E-state index in [1.54, 1.807) is 0 Å². The maximum absolute atomic E-state index is 12.0. The van der Waals surface area contributed by atoms with Crippen molar-refractivity contribution in [3.63, 3.8) is 0 Å². The molecule has 9 heteroatoms. The second-order valence-corrected chi connectivity index (χ2v) is 9.32. The number of nitrogens with one attached hydrogen (secondary N) is 1. The van der Waals surface area contributed by atoms with E-state index < -0.39 is 25.1 Å². The molecule has 1 aliphatic heterocycles. The highest BCUT2D eigenvalue weighted by Crippen LogP contribution is 2.25. The fraction of sp³-hybridized carbons (Fsp3) is 0.700. The van der Waals surface area contributed by atoms with E-state index in [1.807, 2.05) is 13.8 Å². The van der Waals surface area contributed by atoms with Gasteiger partial charge in [0.1, 0.15) is 0 Å². The molecule has 108 valence electrons. The third-order valence-electron chi connectivity index (χ3n) is 2.98. The molecule has 7 nitrogen and oxygen atoms in total. The van der Waals surface area contributed by atoms with E-state index in [1.165, 1.54) is 12.5 Å². The predicted octanol–water partition coefficient (Wildman–Crippen LogP) is -0.147. The zero-order chi connectivity index (χ0) is 14.3. The Balaban J connectivity index is 2.05. The van der Waals surface area contributed by atoms with Crippen LogP contribution in [-0.4, -0.2) is 55.2 Å². The van der Waals surface area contributed by atoms with Crippen molar-refractivity contribution in [2.75, 3.05) is 18.8 Å². The van der Waals surface area contributed by atoms with Gasteiger partial charge in [0.2, 0.25) is 0 Å². The minimum Gasteiger partial charge on any atom is -0.335 e. The maximum atomic E-state index is 12.0. The lowest BCUT2D eigenvalue weighted by molar-refractivity contribution is 0.308. The van der Waals surface area contributed by atoms with Crippen molar-refractivity contribution in [2.24, 2.45) is 5.92 Å². The molecule has 19 heavy (non-hydrogen) atoms. The van der Waals surface area contributed by atoms with Gasteiger partial charge in [-0.1, -0.05) is 13.8 Å². The maximum Gasteiger partial charge on any atom is 0.260 e. The third kappa shape index (κ3) is 2.82. The number of hydrogen-bond donors (Lipinski definition) is 1. The van der Waals surface area contributed by atoms with Gasteiger partial charge in [0.05, 0.1) is 23.5 Å². The summed E-state index contributed by atoms with van der Waals surface area (Å²) in [6.45, 7) is 3.71. The van der Waals surface area contributed by atoms with E-state index in [-0.39, 0.29) is 29.8 Å². The largest absolute Gasteiger partial charge is 0.335 e. The Morgan fingerprint density at radius 1 is 1.37 bits per heavy atom. The summed E-state index contributed by atoms with van der Waals surface area (Å²) in [7, 11) is -6.85. The molecule has 1 aromatic heterocycles. The summed E-state index contributed by atoms with van der Waals surface area (Å²) < 4.78 is 49.1. The van der Waals surface area contributed by atoms with Crippen molar-refractivity contribution >= 4 is 19.9 Å². The zero-order valence-electron chi connectivity index (χ0n) is 10.8. The molecule has 1 N–H and O–H groups in total. The lowest BCUT2D eigenvalue weighted by Crippen LogP contribution is -2.57. The number of sulfonamides is 1. The van der Waals surface area contributed by atoms with Gasteiger partial charge >= 0.3 is 0 Å². The van der Waals surface area contributed by atoms with Gasteiger partial charge < -0.3 is 4.98 Å². The summed E-state index contributed by atoms with van der Waals surface area (Å²) in [6, 6.07) is 0. The second-order valence-electron chi connectivity index (χ2n) is 5.08. The molecule has 0 bridgehead atoms. The van der Waals surface area contributed by atoms with E-state index >= 15 is 0 Å². The van der Waals surface area contributed by atoms with Crippen LogP contribution in [0.4, 0.5) is 0 Å². The smallest absolute Gasteiger partial charge is 0.260 e. The number of H-pyrrole nitrogens is 1. The van der Waals surface area contributed by atoms with Crippen LogP contribution in [0, 0.1) is 5.92 Å². The van der Waals surface area contributed by atoms with E-state index in [2.05, 4.69) is 9.97 Å². The van der Waals surface area contributed by atoms with Gasteiger partial charge in [0.25, 0.3) is 10.0 Å². The van der Waals surface area contributed by atoms with Gasteiger partial charge in [-0.05, 0) is 5.92 Å². The number of imidazole rings is 1. The molecule has 0 amide bonds. The summed E-state index contributed by atoms with van der Waals surface area (Å²) in [4.78, 5) is 6.18. The molecule has 1 fully saturated rings. The van der Waals surface area contributed by atoms with Crippen LogP contribution in [0.15, 0.2) is 17.6 Å². The summed E-state index contributed by atoms with van der Waals surface area (Å²) in [6.07, 6.45) is 2.49. The molecule has 0 unspecified atom stereocenters. The lowest BCUT2D eigenvalue weighted by atomic mass is 10.3. The fourth-order valence-electron chi connectivity index (χ4n) is 1.95. The van der Waals surface area contributed by atoms with Crippen LogP contribution < -0.4 is 0 Å². The minimum absolute atomic E-state index is 0.00722. The van der Waals surface area contributed by atoms with Crippen molar-refractivity contribution in [1.29, 1.82) is 0 Å². The average molecular weight is 307 g/mol. The molecule has 0 saturated carbocycles. The summed E-state index contributed by atoms with van der Waals surface area (Å²) in [5.74, 6) is 0.138. The third-order valence-corrected chi connectivity index (χ3v) is 7.18. The first-order valence-corrected chi connectivity index (χ1v) is 9.09. The van der Waals surface area contributed by atoms with Gasteiger partial charge in [0, 0.05) is 13.1 Å². The van der Waals surface area contributed by atoms with Crippen molar-refractivity contribution < 1.29 is 16.8 Å². The highest BCUT2D eigenvalue weighted by atomic mass is 32.2. The standard InChI is InChI=1S/C10H17N3O4S2/c1-8(2)6-18(14,15)9-4-13(5-9)19(16,17)10-3-11-7-12-10/h3,7-9H,4-6H2,1-2H3,(H,11,12). The molecular weight excluding hydrogens is 290 g/mol. The van der Waals surface area contributed by atoms with Crippen molar-refractivity contribution in [1.82, 2.24) is 14.3 Å². The Morgan fingerprint density at radius 3 is 2.47 bits per heavy atom. The van der Waals surface area contributed by atoms with Gasteiger partial charge in [-0.2, -0.15) is 4.31 Å². The van der Waals surface area contributed by atoms with Crippen LogP contribution in [0.5, 0.6) is 0 Å². The molecule has 0 aliphatic carbocycles. The quantitative estimate of drug-likeness (QED) is 0.815. The number of nitrogens with zero attached hydrogens (tertiary/aromatic N) is 2. The number of aromatic amines is 1. The monoisotopic (exact) mass is 307 g/mol. The van der Waals surface area contributed by atoms with E-state index in [0.717, 1.165) is 4.31 Å². The van der Waals surface area contributed by atoms with E-state index in [0.29, 0.717) is 0 Å². The number of hydrogen-bond acceptors (Lipinski definition) is 5. The minimum atomic E-state index is -3.63. The molecule has 1 aromatic rings. The highest BCUT2D eigenvalue weighted by Gasteiger charge is 2.43. The van der Waals surface area contributed by atoms with Crippen LogP contribution in [0.25, 0.3) is 0 Å². The molecule has 2 heterocycles. The molecule has 1 saturated heterocycles. The first-order valence-electron chi connectivity index (χ1n) is 5.93. The highest BCUT2D eigenvalue weighted by molar-refractivity contribution is 7.92. The van der Waals surface area contributed by atoms with Crippen molar-refractivity contribution in [3.8, 4) is 0 Å². The fourth-order valence-corrected chi connectivity index (χ4v) is 5.58. The average Bonchev–Trinajstić information content (AvgIpc) is 2.63. The number of rotatable bonds is 5. The van der Waals surface area contributed by atoms with Crippen LogP contribution in [0.2, 0.25) is 0 Å². The van der Waals surface area contributed by atoms with E-state index in [9.17, 15) is 16.8 Å². The second kappa shape index (κ2) is 4.88. The van der Waals surface area contributed by atoms with Gasteiger partial charge in [-0.3, -0.25) is 0 Å². The van der Waals surface area contributed by atoms with Crippen LogP contribution in [0.3, 0.4) is 0 Å². The number of aromatic nitrogens is 2. The molecule has 0 radical (unpaired) electrons. The molecule has 0 atom stereocenters. The summed E-state index contributed by atoms with van der Waals surface area (Å²) in [5, 5.41) is -0.597. The van der Waals surface area contributed by atoms with Crippen molar-refractivity contribution in [3.05, 3.63) is 12.5 Å².